The number of hydrogen-bond donors (Lipinski definition) is 0. The lowest BCUT2D eigenvalue weighted by molar-refractivity contribution is -0.137. The molecule has 1 rings (SSSR count). The minimum atomic E-state index is -4.52. The summed E-state index contributed by atoms with van der Waals surface area (Å²) in [6, 6.07) is 4.92. The molecule has 21 heavy (non-hydrogen) atoms. The highest BCUT2D eigenvalue weighted by molar-refractivity contribution is 5.44. The minimum Gasteiger partial charge on any atom is -0.493 e. The molecule has 0 amide bonds. The maximum atomic E-state index is 12.7. The van der Waals surface area contributed by atoms with Crippen molar-refractivity contribution >= 4 is 0 Å². The van der Waals surface area contributed by atoms with E-state index >= 15 is 0 Å². The molecule has 0 bridgehead atoms. The van der Waals surface area contributed by atoms with Gasteiger partial charge in [0.15, 0.2) is 0 Å². The van der Waals surface area contributed by atoms with Crippen LogP contribution in [0.3, 0.4) is 0 Å². The number of nitriles is 1. The van der Waals surface area contributed by atoms with Crippen molar-refractivity contribution in [3.05, 3.63) is 29.3 Å². The van der Waals surface area contributed by atoms with E-state index in [-0.39, 0.29) is 0 Å². The molecule has 1 atom stereocenters. The molecule has 0 saturated heterocycles. The summed E-state index contributed by atoms with van der Waals surface area (Å²) in [7, 11) is 0. The van der Waals surface area contributed by atoms with Crippen LogP contribution < -0.4 is 4.74 Å². The molecule has 2 nitrogen and oxygen atoms in total. The second kappa shape index (κ2) is 7.92. The first-order chi connectivity index (χ1) is 9.92. The zero-order valence-corrected chi connectivity index (χ0v) is 12.3. The topological polar surface area (TPSA) is 33.0 Å². The van der Waals surface area contributed by atoms with Crippen LogP contribution >= 0.6 is 0 Å². The van der Waals surface area contributed by atoms with E-state index in [2.05, 4.69) is 13.8 Å². The van der Waals surface area contributed by atoms with Gasteiger partial charge in [0.05, 0.1) is 23.8 Å². The molecule has 116 valence electrons. The summed E-state index contributed by atoms with van der Waals surface area (Å²) in [6.45, 7) is 4.65. The third-order valence-electron chi connectivity index (χ3n) is 3.45. The Hall–Kier alpha value is -1.70. The van der Waals surface area contributed by atoms with E-state index in [4.69, 9.17) is 10.00 Å². The van der Waals surface area contributed by atoms with Gasteiger partial charge in [0.1, 0.15) is 5.75 Å². The summed E-state index contributed by atoms with van der Waals surface area (Å²) in [5.74, 6) is 0.701. The van der Waals surface area contributed by atoms with E-state index < -0.39 is 17.3 Å². The van der Waals surface area contributed by atoms with Gasteiger partial charge in [-0.25, -0.2) is 0 Å². The molecule has 0 aromatic heterocycles. The summed E-state index contributed by atoms with van der Waals surface area (Å²) in [5, 5.41) is 8.84. The molecular formula is C16H20F3NO. The highest BCUT2D eigenvalue weighted by Crippen LogP contribution is 2.33. The smallest absolute Gasteiger partial charge is 0.417 e. The lowest BCUT2D eigenvalue weighted by Crippen LogP contribution is -2.12. The van der Waals surface area contributed by atoms with Gasteiger partial charge in [0.2, 0.25) is 0 Å². The van der Waals surface area contributed by atoms with Gasteiger partial charge in [-0.15, -0.1) is 0 Å². The van der Waals surface area contributed by atoms with Gasteiger partial charge in [0, 0.05) is 0 Å². The highest BCUT2D eigenvalue weighted by Gasteiger charge is 2.33. The van der Waals surface area contributed by atoms with Crippen LogP contribution in [0.25, 0.3) is 0 Å². The van der Waals surface area contributed by atoms with Crippen LogP contribution in [-0.4, -0.2) is 6.61 Å². The molecule has 0 N–H and O–H groups in total. The van der Waals surface area contributed by atoms with Crippen LogP contribution in [0.15, 0.2) is 18.2 Å². The zero-order valence-electron chi connectivity index (χ0n) is 12.3. The predicted molar refractivity (Wildman–Crippen MR) is 75.0 cm³/mol. The maximum Gasteiger partial charge on any atom is 0.417 e. The molecule has 1 unspecified atom stereocenters. The first kappa shape index (κ1) is 17.4. The van der Waals surface area contributed by atoms with Crippen molar-refractivity contribution < 1.29 is 17.9 Å². The molecule has 1 aromatic rings. The second-order valence-corrected chi connectivity index (χ2v) is 5.04. The van der Waals surface area contributed by atoms with E-state index in [1.165, 1.54) is 6.07 Å². The fourth-order valence-corrected chi connectivity index (χ4v) is 2.07. The van der Waals surface area contributed by atoms with Crippen molar-refractivity contribution in [2.75, 3.05) is 6.61 Å². The summed E-state index contributed by atoms with van der Waals surface area (Å²) >= 11 is 0. The minimum absolute atomic E-state index is 0.314. The quantitative estimate of drug-likeness (QED) is 0.695. The van der Waals surface area contributed by atoms with Crippen LogP contribution in [-0.2, 0) is 6.18 Å². The third-order valence-corrected chi connectivity index (χ3v) is 3.45. The molecule has 0 aliphatic rings. The number of nitrogens with zero attached hydrogens (tertiary/aromatic N) is 1. The van der Waals surface area contributed by atoms with Crippen LogP contribution in [0.1, 0.15) is 50.7 Å². The number of rotatable bonds is 7. The van der Waals surface area contributed by atoms with Crippen molar-refractivity contribution in [1.29, 1.82) is 5.26 Å². The second-order valence-electron chi connectivity index (χ2n) is 5.04. The lowest BCUT2D eigenvalue weighted by atomic mass is 10.0. The van der Waals surface area contributed by atoms with Gasteiger partial charge in [-0.3, -0.25) is 0 Å². The van der Waals surface area contributed by atoms with E-state index in [1.807, 2.05) is 0 Å². The summed E-state index contributed by atoms with van der Waals surface area (Å²) in [6.07, 6.45) is -0.297. The zero-order chi connectivity index (χ0) is 15.9. The van der Waals surface area contributed by atoms with Gasteiger partial charge < -0.3 is 4.74 Å². The Kier molecular flexibility index (Phi) is 6.54. The molecular weight excluding hydrogens is 279 g/mol. The number of benzene rings is 1. The van der Waals surface area contributed by atoms with Gasteiger partial charge >= 0.3 is 6.18 Å². The van der Waals surface area contributed by atoms with E-state index in [1.54, 1.807) is 6.07 Å². The Balaban J connectivity index is 2.75. The molecule has 0 spiro atoms. The van der Waals surface area contributed by atoms with Gasteiger partial charge in [-0.2, -0.15) is 18.4 Å². The van der Waals surface area contributed by atoms with E-state index in [0.717, 1.165) is 37.8 Å². The number of unbranched alkanes of at least 4 members (excludes halogenated alkanes) is 1. The van der Waals surface area contributed by atoms with Crippen molar-refractivity contribution in [2.45, 2.75) is 45.7 Å². The standard InChI is InChI=1S/C16H20F3NO/c1-3-5-6-12(4-2)11-21-14-7-8-15(16(17,18)19)13(9-14)10-20/h7-9,12H,3-6,11H2,1-2H3. The van der Waals surface area contributed by atoms with Crippen LogP contribution in [0, 0.1) is 17.2 Å². The van der Waals surface area contributed by atoms with E-state index in [0.29, 0.717) is 18.3 Å². The molecule has 0 aliphatic carbocycles. The first-order valence-electron chi connectivity index (χ1n) is 7.16. The Labute approximate surface area is 123 Å². The van der Waals surface area contributed by atoms with Crippen LogP contribution in [0.5, 0.6) is 5.75 Å². The average molecular weight is 299 g/mol. The molecule has 0 aliphatic heterocycles. The van der Waals surface area contributed by atoms with Gasteiger partial charge in [-0.05, 0) is 30.5 Å². The first-order valence-corrected chi connectivity index (χ1v) is 7.16. The van der Waals surface area contributed by atoms with Crippen molar-refractivity contribution in [3.63, 3.8) is 0 Å². The Morgan fingerprint density at radius 1 is 1.29 bits per heavy atom. The number of ether oxygens (including phenoxy) is 1. The molecule has 1 aromatic carbocycles. The summed E-state index contributed by atoms with van der Waals surface area (Å²) < 4.78 is 43.6. The summed E-state index contributed by atoms with van der Waals surface area (Å²) in [4.78, 5) is 0. The van der Waals surface area contributed by atoms with Crippen LogP contribution in [0.2, 0.25) is 0 Å². The fourth-order valence-electron chi connectivity index (χ4n) is 2.07. The Bertz CT molecular complexity index is 491. The van der Waals surface area contributed by atoms with Crippen LogP contribution in [0.4, 0.5) is 13.2 Å². The van der Waals surface area contributed by atoms with E-state index in [9.17, 15) is 13.2 Å². The normalized spacial score (nSPS) is 12.8. The molecule has 0 radical (unpaired) electrons. The molecule has 0 saturated carbocycles. The van der Waals surface area contributed by atoms with Crippen molar-refractivity contribution in [3.8, 4) is 11.8 Å². The van der Waals surface area contributed by atoms with Crippen molar-refractivity contribution in [2.24, 2.45) is 5.92 Å². The highest BCUT2D eigenvalue weighted by atomic mass is 19.4. The Morgan fingerprint density at radius 3 is 2.52 bits per heavy atom. The predicted octanol–water partition coefficient (Wildman–Crippen LogP) is 5.17. The Morgan fingerprint density at radius 2 is 2.00 bits per heavy atom. The number of halogens is 3. The lowest BCUT2D eigenvalue weighted by Gasteiger charge is -2.16. The molecule has 0 fully saturated rings. The van der Waals surface area contributed by atoms with Gasteiger partial charge in [-0.1, -0.05) is 33.1 Å². The average Bonchev–Trinajstić information content (AvgIpc) is 2.46. The summed E-state index contributed by atoms with van der Waals surface area (Å²) in [5.41, 5.74) is -1.32. The van der Waals surface area contributed by atoms with Crippen molar-refractivity contribution in [1.82, 2.24) is 0 Å². The maximum absolute atomic E-state index is 12.7. The number of hydrogen-bond acceptors (Lipinski definition) is 2. The SMILES string of the molecule is CCCCC(CC)COc1ccc(C(F)(F)F)c(C#N)c1. The molecule has 0 heterocycles. The number of alkyl halides is 3. The monoisotopic (exact) mass is 299 g/mol. The largest absolute Gasteiger partial charge is 0.493 e. The fraction of sp³-hybridized carbons (Fsp3) is 0.562. The third kappa shape index (κ3) is 5.30. The van der Waals surface area contributed by atoms with Gasteiger partial charge in [0.25, 0.3) is 0 Å². The molecule has 5 heteroatoms.